The molecule has 1 amide bonds. The summed E-state index contributed by atoms with van der Waals surface area (Å²) >= 11 is 0. The molecule has 160 valence electrons. The van der Waals surface area contributed by atoms with Gasteiger partial charge in [-0.3, -0.25) is 9.78 Å². The first-order chi connectivity index (χ1) is 15.1. The number of carbonyl (C=O) groups is 2. The van der Waals surface area contributed by atoms with Gasteiger partial charge in [0.25, 0.3) is 5.91 Å². The molecule has 1 saturated heterocycles. The van der Waals surface area contributed by atoms with E-state index in [1.807, 2.05) is 36.4 Å². The normalized spacial score (nSPS) is 14.8. The minimum Gasteiger partial charge on any atom is -0.497 e. The first kappa shape index (κ1) is 20.8. The molecule has 1 unspecified atom stereocenters. The molecule has 0 spiro atoms. The standard InChI is InChI=1S/C24H24N2O5/c1-16-20(14-18-8-9-19(29-2)15-21(18)25-16)24(28)31-22(17-6-4-3-5-7-17)23(27)26-10-12-30-13-11-26/h3-9,14-15,22H,10-13H2,1-2H3. The summed E-state index contributed by atoms with van der Waals surface area (Å²) in [5, 5.41) is 0.786. The number of fused-ring (bicyclic) bond motifs is 1. The Morgan fingerprint density at radius 3 is 2.52 bits per heavy atom. The molecular formula is C24H24N2O5. The highest BCUT2D eigenvalue weighted by Gasteiger charge is 2.31. The van der Waals surface area contributed by atoms with E-state index in [0.29, 0.717) is 48.9 Å². The van der Waals surface area contributed by atoms with Crippen LogP contribution in [0, 0.1) is 6.92 Å². The summed E-state index contributed by atoms with van der Waals surface area (Å²) < 4.78 is 16.4. The van der Waals surface area contributed by atoms with Gasteiger partial charge >= 0.3 is 5.97 Å². The first-order valence-corrected chi connectivity index (χ1v) is 10.1. The monoisotopic (exact) mass is 420 g/mol. The molecule has 1 atom stereocenters. The fourth-order valence-corrected chi connectivity index (χ4v) is 3.59. The van der Waals surface area contributed by atoms with Crippen LogP contribution in [0.5, 0.6) is 5.75 Å². The fourth-order valence-electron chi connectivity index (χ4n) is 3.59. The molecule has 2 aromatic carbocycles. The van der Waals surface area contributed by atoms with Crippen molar-refractivity contribution in [2.75, 3.05) is 33.4 Å². The number of ether oxygens (including phenoxy) is 3. The number of methoxy groups -OCH3 is 1. The van der Waals surface area contributed by atoms with Crippen LogP contribution < -0.4 is 4.74 Å². The van der Waals surface area contributed by atoms with Gasteiger partial charge < -0.3 is 19.1 Å². The van der Waals surface area contributed by atoms with Gasteiger partial charge in [-0.1, -0.05) is 30.3 Å². The number of hydrogen-bond acceptors (Lipinski definition) is 6. The summed E-state index contributed by atoms with van der Waals surface area (Å²) in [6, 6.07) is 16.3. The number of carbonyl (C=O) groups excluding carboxylic acids is 2. The molecule has 1 aromatic heterocycles. The van der Waals surface area contributed by atoms with Crippen molar-refractivity contribution in [1.82, 2.24) is 9.88 Å². The van der Waals surface area contributed by atoms with Gasteiger partial charge in [0.2, 0.25) is 6.10 Å². The number of rotatable bonds is 5. The second-order valence-corrected chi connectivity index (χ2v) is 7.31. The molecule has 4 rings (SSSR count). The third kappa shape index (κ3) is 4.51. The summed E-state index contributed by atoms with van der Waals surface area (Å²) in [6.07, 6.45) is -1.03. The van der Waals surface area contributed by atoms with E-state index < -0.39 is 12.1 Å². The maximum Gasteiger partial charge on any atom is 0.341 e. The SMILES string of the molecule is COc1ccc2cc(C(=O)OC(C(=O)N3CCOCC3)c3ccccc3)c(C)nc2c1. The number of esters is 1. The van der Waals surface area contributed by atoms with Crippen LogP contribution in [0.3, 0.4) is 0 Å². The van der Waals surface area contributed by atoms with E-state index in [2.05, 4.69) is 4.98 Å². The third-order valence-corrected chi connectivity index (χ3v) is 5.31. The number of nitrogens with zero attached hydrogens (tertiary/aromatic N) is 2. The lowest BCUT2D eigenvalue weighted by Crippen LogP contribution is -2.44. The van der Waals surface area contributed by atoms with Crippen molar-refractivity contribution in [1.29, 1.82) is 0 Å². The summed E-state index contributed by atoms with van der Waals surface area (Å²) in [5.41, 5.74) is 2.20. The molecule has 0 aliphatic carbocycles. The van der Waals surface area contributed by atoms with Gasteiger partial charge in [0.05, 0.1) is 37.1 Å². The van der Waals surface area contributed by atoms with Crippen LogP contribution in [-0.4, -0.2) is 55.2 Å². The molecule has 1 aliphatic heterocycles. The smallest absolute Gasteiger partial charge is 0.341 e. The Hall–Kier alpha value is -3.45. The Morgan fingerprint density at radius 2 is 1.81 bits per heavy atom. The minimum absolute atomic E-state index is 0.251. The first-order valence-electron chi connectivity index (χ1n) is 10.1. The Bertz CT molecular complexity index is 1090. The van der Waals surface area contributed by atoms with Crippen molar-refractivity contribution < 1.29 is 23.8 Å². The van der Waals surface area contributed by atoms with E-state index in [9.17, 15) is 9.59 Å². The zero-order chi connectivity index (χ0) is 21.8. The molecule has 2 heterocycles. The van der Waals surface area contributed by atoms with E-state index in [0.717, 1.165) is 10.9 Å². The van der Waals surface area contributed by atoms with Crippen LogP contribution >= 0.6 is 0 Å². The molecule has 3 aromatic rings. The van der Waals surface area contributed by atoms with Crippen LogP contribution in [0.25, 0.3) is 10.9 Å². The number of aromatic nitrogens is 1. The summed E-state index contributed by atoms with van der Waals surface area (Å²) in [4.78, 5) is 32.5. The van der Waals surface area contributed by atoms with Gasteiger partial charge in [0.1, 0.15) is 5.75 Å². The Morgan fingerprint density at radius 1 is 1.06 bits per heavy atom. The van der Waals surface area contributed by atoms with E-state index in [1.54, 1.807) is 37.1 Å². The largest absolute Gasteiger partial charge is 0.497 e. The van der Waals surface area contributed by atoms with Crippen LogP contribution in [0.1, 0.15) is 27.7 Å². The lowest BCUT2D eigenvalue weighted by Gasteiger charge is -2.30. The van der Waals surface area contributed by atoms with Crippen LogP contribution in [-0.2, 0) is 14.3 Å². The fraction of sp³-hybridized carbons (Fsp3) is 0.292. The average Bonchev–Trinajstić information content (AvgIpc) is 2.82. The molecule has 31 heavy (non-hydrogen) atoms. The van der Waals surface area contributed by atoms with Crippen molar-refractivity contribution in [3.63, 3.8) is 0 Å². The Kier molecular flexibility index (Phi) is 6.13. The molecule has 1 aliphatic rings. The highest BCUT2D eigenvalue weighted by molar-refractivity contribution is 5.97. The van der Waals surface area contributed by atoms with Crippen LogP contribution in [0.15, 0.2) is 54.6 Å². The summed E-state index contributed by atoms with van der Waals surface area (Å²) in [7, 11) is 1.59. The van der Waals surface area contributed by atoms with Gasteiger partial charge in [-0.05, 0) is 25.1 Å². The highest BCUT2D eigenvalue weighted by Crippen LogP contribution is 2.26. The number of pyridine rings is 1. The maximum atomic E-state index is 13.2. The van der Waals surface area contributed by atoms with Crippen molar-refractivity contribution in [2.24, 2.45) is 0 Å². The topological polar surface area (TPSA) is 78.0 Å². The van der Waals surface area contributed by atoms with E-state index >= 15 is 0 Å². The average molecular weight is 420 g/mol. The molecular weight excluding hydrogens is 396 g/mol. The van der Waals surface area contributed by atoms with Crippen molar-refractivity contribution in [3.05, 3.63) is 71.4 Å². The highest BCUT2D eigenvalue weighted by atomic mass is 16.5. The van der Waals surface area contributed by atoms with Gasteiger partial charge in [-0.2, -0.15) is 0 Å². The Labute approximate surface area is 180 Å². The summed E-state index contributed by atoms with van der Waals surface area (Å²) in [6.45, 7) is 3.63. The van der Waals surface area contributed by atoms with Gasteiger partial charge in [0, 0.05) is 30.1 Å². The zero-order valence-electron chi connectivity index (χ0n) is 17.5. The van der Waals surface area contributed by atoms with E-state index in [-0.39, 0.29) is 5.91 Å². The number of morpholine rings is 1. The number of hydrogen-bond donors (Lipinski definition) is 0. The molecule has 0 N–H and O–H groups in total. The lowest BCUT2D eigenvalue weighted by molar-refractivity contribution is -0.145. The van der Waals surface area contributed by atoms with Crippen LogP contribution in [0.2, 0.25) is 0 Å². The van der Waals surface area contributed by atoms with Gasteiger partial charge in [0.15, 0.2) is 0 Å². The molecule has 7 heteroatoms. The molecule has 0 bridgehead atoms. The Balaban J connectivity index is 1.64. The predicted molar refractivity (Wildman–Crippen MR) is 115 cm³/mol. The third-order valence-electron chi connectivity index (χ3n) is 5.31. The summed E-state index contributed by atoms with van der Waals surface area (Å²) in [5.74, 6) is -0.146. The quantitative estimate of drug-likeness (QED) is 0.590. The van der Waals surface area contributed by atoms with E-state index in [4.69, 9.17) is 14.2 Å². The molecule has 1 fully saturated rings. The van der Waals surface area contributed by atoms with E-state index in [1.165, 1.54) is 0 Å². The number of amides is 1. The second-order valence-electron chi connectivity index (χ2n) is 7.31. The van der Waals surface area contributed by atoms with Gasteiger partial charge in [-0.15, -0.1) is 0 Å². The predicted octanol–water partition coefficient (Wildman–Crippen LogP) is 3.31. The maximum absolute atomic E-state index is 13.2. The van der Waals surface area contributed by atoms with Crippen molar-refractivity contribution >= 4 is 22.8 Å². The number of aryl methyl sites for hydroxylation is 1. The molecule has 0 radical (unpaired) electrons. The lowest BCUT2D eigenvalue weighted by atomic mass is 10.1. The molecule has 0 saturated carbocycles. The zero-order valence-corrected chi connectivity index (χ0v) is 17.5. The van der Waals surface area contributed by atoms with Crippen molar-refractivity contribution in [3.8, 4) is 5.75 Å². The second kappa shape index (κ2) is 9.14. The minimum atomic E-state index is -1.03. The number of benzene rings is 2. The van der Waals surface area contributed by atoms with Crippen LogP contribution in [0.4, 0.5) is 0 Å². The van der Waals surface area contributed by atoms with Crippen molar-refractivity contribution in [2.45, 2.75) is 13.0 Å². The van der Waals surface area contributed by atoms with Gasteiger partial charge in [-0.25, -0.2) is 4.79 Å². The molecule has 7 nitrogen and oxygen atoms in total.